The molecule has 1 saturated heterocycles. The summed E-state index contributed by atoms with van der Waals surface area (Å²) >= 11 is 0. The number of aromatic hydroxyl groups is 1. The lowest BCUT2D eigenvalue weighted by Crippen LogP contribution is -2.39. The highest BCUT2D eigenvalue weighted by atomic mass is 16.3. The number of likely N-dealkylation sites (tertiary alicyclic amines) is 1. The molecule has 0 saturated carbocycles. The zero-order chi connectivity index (χ0) is 22.9. The van der Waals surface area contributed by atoms with Crippen LogP contribution in [0.5, 0.6) is 5.75 Å². The Hall–Kier alpha value is -3.28. The predicted octanol–water partition coefficient (Wildman–Crippen LogP) is 3.15. The summed E-state index contributed by atoms with van der Waals surface area (Å²) in [6, 6.07) is 5.38. The van der Waals surface area contributed by atoms with Crippen molar-refractivity contribution in [1.29, 1.82) is 0 Å². The Labute approximate surface area is 186 Å². The smallest absolute Gasteiger partial charge is 0.233 e. The number of carbonyl (C=O) groups excluding carboxylic acids is 4. The molecule has 1 heterocycles. The van der Waals surface area contributed by atoms with E-state index in [0.717, 1.165) is 5.57 Å². The van der Waals surface area contributed by atoms with E-state index in [4.69, 9.17) is 0 Å². The van der Waals surface area contributed by atoms with E-state index in [1.807, 2.05) is 12.1 Å². The van der Waals surface area contributed by atoms with Crippen LogP contribution in [0.4, 0.5) is 0 Å². The number of phenolic OH excluding ortho intramolecular Hbond substituents is 1. The van der Waals surface area contributed by atoms with Crippen LogP contribution in [0.3, 0.4) is 0 Å². The van der Waals surface area contributed by atoms with Gasteiger partial charge in [-0.2, -0.15) is 0 Å². The molecule has 1 N–H and O–H groups in total. The van der Waals surface area contributed by atoms with Crippen LogP contribution in [0.1, 0.15) is 43.7 Å². The van der Waals surface area contributed by atoms with Crippen molar-refractivity contribution in [2.24, 2.45) is 17.8 Å². The summed E-state index contributed by atoms with van der Waals surface area (Å²) in [6.07, 6.45) is 4.02. The molecule has 1 fully saturated rings. The minimum absolute atomic E-state index is 0.0866. The summed E-state index contributed by atoms with van der Waals surface area (Å²) < 4.78 is 0. The highest BCUT2D eigenvalue weighted by Crippen LogP contribution is 2.56. The van der Waals surface area contributed by atoms with Gasteiger partial charge in [0.25, 0.3) is 0 Å². The molecule has 2 amide bonds. The van der Waals surface area contributed by atoms with Crippen LogP contribution in [0.2, 0.25) is 0 Å². The number of carbonyl (C=O) groups is 4. The van der Waals surface area contributed by atoms with E-state index in [1.165, 1.54) is 11.0 Å². The van der Waals surface area contributed by atoms with Gasteiger partial charge in [0, 0.05) is 34.7 Å². The van der Waals surface area contributed by atoms with Gasteiger partial charge in [-0.05, 0) is 51.2 Å². The third-order valence-electron chi connectivity index (χ3n) is 7.55. The van der Waals surface area contributed by atoms with E-state index in [9.17, 15) is 24.3 Å². The number of phenols is 1. The van der Waals surface area contributed by atoms with Gasteiger partial charge in [-0.25, -0.2) is 0 Å². The van der Waals surface area contributed by atoms with Crippen molar-refractivity contribution < 1.29 is 24.3 Å². The number of nitrogens with zero attached hydrogens (tertiary/aromatic N) is 1. The molecule has 4 unspecified atom stereocenters. The standard InChI is InChI=1S/C26H25NO5/c1-4-27-25(31)16-9-8-14-17(21(16)26(27)32)11-18-22(19(28)10-13(3)24(18)30)20(14)15-7-5-6-12(2)23(15)29/h5-8,10,16-17,20-21,29H,4,9,11H2,1-3H3. The lowest BCUT2D eigenvalue weighted by Gasteiger charge is -2.42. The normalized spacial score (nSPS) is 29.5. The lowest BCUT2D eigenvalue weighted by molar-refractivity contribution is -0.139. The van der Waals surface area contributed by atoms with Gasteiger partial charge < -0.3 is 5.11 Å². The third-order valence-corrected chi connectivity index (χ3v) is 7.55. The van der Waals surface area contributed by atoms with Crippen LogP contribution in [-0.2, 0) is 19.2 Å². The SMILES string of the molecule is CCN1C(=O)C2CC=C3C(c4cccc(C)c4O)C4=C(CC3C2C1=O)C(=O)C(C)=CC4=O. The molecule has 0 radical (unpaired) electrons. The lowest BCUT2D eigenvalue weighted by atomic mass is 9.59. The van der Waals surface area contributed by atoms with E-state index >= 15 is 0 Å². The molecule has 1 aromatic carbocycles. The average molecular weight is 431 g/mol. The number of Topliss-reactive ketones (excluding diaryl/α,β-unsaturated/α-hetero) is 1. The van der Waals surface area contributed by atoms with Gasteiger partial charge in [0.2, 0.25) is 11.8 Å². The number of amides is 2. The molecular formula is C26H25NO5. The number of rotatable bonds is 2. The van der Waals surface area contributed by atoms with E-state index in [2.05, 4.69) is 0 Å². The Morgan fingerprint density at radius 3 is 2.53 bits per heavy atom. The number of imide groups is 1. The Balaban J connectivity index is 1.73. The number of fused-ring (bicyclic) bond motifs is 3. The van der Waals surface area contributed by atoms with Crippen LogP contribution in [-0.4, -0.2) is 39.9 Å². The molecule has 0 aromatic heterocycles. The number of benzene rings is 1. The van der Waals surface area contributed by atoms with Gasteiger partial charge in [-0.15, -0.1) is 0 Å². The Morgan fingerprint density at radius 2 is 1.81 bits per heavy atom. The quantitative estimate of drug-likeness (QED) is 0.441. The average Bonchev–Trinajstić information content (AvgIpc) is 3.02. The van der Waals surface area contributed by atoms with Gasteiger partial charge >= 0.3 is 0 Å². The number of aryl methyl sites for hydroxylation is 1. The molecule has 6 nitrogen and oxygen atoms in total. The van der Waals surface area contributed by atoms with Crippen molar-refractivity contribution in [2.45, 2.75) is 39.5 Å². The summed E-state index contributed by atoms with van der Waals surface area (Å²) in [5, 5.41) is 10.9. The maximum Gasteiger partial charge on any atom is 0.233 e. The van der Waals surface area contributed by atoms with Gasteiger partial charge in [0.15, 0.2) is 11.6 Å². The van der Waals surface area contributed by atoms with Crippen molar-refractivity contribution in [3.8, 4) is 5.75 Å². The molecule has 5 rings (SSSR count). The van der Waals surface area contributed by atoms with Crippen molar-refractivity contribution in [2.75, 3.05) is 6.54 Å². The van der Waals surface area contributed by atoms with Crippen LogP contribution in [0.15, 0.2) is 52.6 Å². The first-order valence-corrected chi connectivity index (χ1v) is 11.1. The summed E-state index contributed by atoms with van der Waals surface area (Å²) in [5.74, 6) is -2.63. The fraction of sp³-hybridized carbons (Fsp3) is 0.385. The molecule has 0 spiro atoms. The van der Waals surface area contributed by atoms with Gasteiger partial charge in [-0.1, -0.05) is 29.8 Å². The summed E-state index contributed by atoms with van der Waals surface area (Å²) in [6.45, 7) is 5.52. The molecule has 4 aliphatic rings. The summed E-state index contributed by atoms with van der Waals surface area (Å²) in [5.41, 5.74) is 3.28. The minimum Gasteiger partial charge on any atom is -0.507 e. The summed E-state index contributed by atoms with van der Waals surface area (Å²) in [7, 11) is 0. The van der Waals surface area contributed by atoms with Crippen LogP contribution >= 0.6 is 0 Å². The molecule has 1 aliphatic heterocycles. The van der Waals surface area contributed by atoms with E-state index in [1.54, 1.807) is 32.9 Å². The van der Waals surface area contributed by atoms with Crippen LogP contribution < -0.4 is 0 Å². The maximum atomic E-state index is 13.2. The Kier molecular flexibility index (Phi) is 4.59. The predicted molar refractivity (Wildman–Crippen MR) is 117 cm³/mol. The first-order valence-electron chi connectivity index (χ1n) is 11.1. The summed E-state index contributed by atoms with van der Waals surface area (Å²) in [4.78, 5) is 53.7. The number of hydrogen-bond donors (Lipinski definition) is 1. The molecule has 32 heavy (non-hydrogen) atoms. The van der Waals surface area contributed by atoms with Crippen LogP contribution in [0, 0.1) is 24.7 Å². The molecule has 0 bridgehead atoms. The number of para-hydroxylation sites is 1. The highest BCUT2D eigenvalue weighted by Gasteiger charge is 2.56. The number of ketones is 2. The molecular weight excluding hydrogens is 406 g/mol. The zero-order valence-electron chi connectivity index (χ0n) is 18.3. The molecule has 1 aromatic rings. The first-order chi connectivity index (χ1) is 15.3. The number of allylic oxidation sites excluding steroid dienone is 6. The second kappa shape index (κ2) is 7.12. The van der Waals surface area contributed by atoms with Crippen molar-refractivity contribution in [1.82, 2.24) is 4.90 Å². The second-order valence-electron chi connectivity index (χ2n) is 9.16. The van der Waals surface area contributed by atoms with Crippen molar-refractivity contribution >= 4 is 23.4 Å². The maximum absolute atomic E-state index is 13.2. The monoisotopic (exact) mass is 431 g/mol. The topological polar surface area (TPSA) is 91.8 Å². The van der Waals surface area contributed by atoms with Gasteiger partial charge in [0.1, 0.15) is 5.75 Å². The van der Waals surface area contributed by atoms with E-state index < -0.39 is 17.8 Å². The fourth-order valence-corrected chi connectivity index (χ4v) is 6.03. The number of hydrogen-bond acceptors (Lipinski definition) is 5. The van der Waals surface area contributed by atoms with E-state index in [-0.39, 0.29) is 41.5 Å². The third kappa shape index (κ3) is 2.65. The van der Waals surface area contributed by atoms with Gasteiger partial charge in [-0.3, -0.25) is 24.1 Å². The minimum atomic E-state index is -0.607. The second-order valence-corrected chi connectivity index (χ2v) is 9.16. The largest absolute Gasteiger partial charge is 0.507 e. The molecule has 3 aliphatic carbocycles. The van der Waals surface area contributed by atoms with Crippen molar-refractivity contribution in [3.63, 3.8) is 0 Å². The van der Waals surface area contributed by atoms with Crippen molar-refractivity contribution in [3.05, 3.63) is 63.8 Å². The first kappa shape index (κ1) is 20.6. The molecule has 6 heteroatoms. The highest BCUT2D eigenvalue weighted by molar-refractivity contribution is 6.23. The zero-order valence-corrected chi connectivity index (χ0v) is 18.3. The fourth-order valence-electron chi connectivity index (χ4n) is 6.03. The van der Waals surface area contributed by atoms with E-state index in [0.29, 0.717) is 40.8 Å². The van der Waals surface area contributed by atoms with Crippen LogP contribution in [0.25, 0.3) is 0 Å². The Bertz CT molecular complexity index is 1200. The Morgan fingerprint density at radius 1 is 1.06 bits per heavy atom. The van der Waals surface area contributed by atoms with Gasteiger partial charge in [0.05, 0.1) is 11.8 Å². The molecule has 164 valence electrons. The molecule has 4 atom stereocenters.